The van der Waals surface area contributed by atoms with E-state index in [4.69, 9.17) is 16.6 Å². The lowest BCUT2D eigenvalue weighted by molar-refractivity contribution is -0.692. The van der Waals surface area contributed by atoms with E-state index in [1.807, 2.05) is 19.1 Å². The lowest BCUT2D eigenvalue weighted by Gasteiger charge is -2.14. The van der Waals surface area contributed by atoms with Crippen molar-refractivity contribution in [3.63, 3.8) is 0 Å². The summed E-state index contributed by atoms with van der Waals surface area (Å²) in [5, 5.41) is 14.1. The van der Waals surface area contributed by atoms with Crippen molar-refractivity contribution in [1.29, 1.82) is 0 Å². The van der Waals surface area contributed by atoms with Crippen molar-refractivity contribution in [1.82, 2.24) is 5.32 Å². The van der Waals surface area contributed by atoms with Gasteiger partial charge < -0.3 is 9.73 Å². The summed E-state index contributed by atoms with van der Waals surface area (Å²) in [5.74, 6) is 0.342. The maximum atomic E-state index is 13.2. The molecule has 0 saturated heterocycles. The van der Waals surface area contributed by atoms with E-state index in [0.717, 1.165) is 5.56 Å². The predicted octanol–water partition coefficient (Wildman–Crippen LogP) is 3.32. The minimum absolute atomic E-state index is 0.145. The van der Waals surface area contributed by atoms with Gasteiger partial charge in [0.15, 0.2) is 17.4 Å². The molecule has 7 nitrogen and oxygen atoms in total. The van der Waals surface area contributed by atoms with Crippen LogP contribution in [0.3, 0.4) is 0 Å². The third-order valence-corrected chi connectivity index (χ3v) is 4.49. The molecule has 1 aromatic carbocycles. The highest BCUT2D eigenvalue weighted by Crippen LogP contribution is 2.18. The van der Waals surface area contributed by atoms with E-state index in [9.17, 15) is 14.9 Å². The van der Waals surface area contributed by atoms with Crippen LogP contribution in [-0.4, -0.2) is 15.7 Å². The summed E-state index contributed by atoms with van der Waals surface area (Å²) in [4.78, 5) is 24.1. The van der Waals surface area contributed by atoms with Crippen LogP contribution in [0.15, 0.2) is 71.6 Å². The second-order valence-electron chi connectivity index (χ2n) is 6.20. The third-order valence-electron chi connectivity index (χ3n) is 4.12. The Morgan fingerprint density at radius 3 is 2.79 bits per heavy atom. The summed E-state index contributed by atoms with van der Waals surface area (Å²) < 4.78 is 6.99. The highest BCUT2D eigenvalue weighted by Gasteiger charge is 2.34. The van der Waals surface area contributed by atoms with Crippen molar-refractivity contribution in [2.45, 2.75) is 19.5 Å². The van der Waals surface area contributed by atoms with E-state index in [1.54, 1.807) is 41.4 Å². The van der Waals surface area contributed by atoms with Gasteiger partial charge in [-0.05, 0) is 25.1 Å². The maximum Gasteiger partial charge on any atom is 0.270 e. The molecule has 3 rings (SSSR count). The number of ketones is 1. The number of benzene rings is 1. The largest absolute Gasteiger partial charge is 0.467 e. The van der Waals surface area contributed by atoms with Crippen molar-refractivity contribution >= 4 is 28.7 Å². The molecular formula is C20H18N3O4S+. The van der Waals surface area contributed by atoms with Gasteiger partial charge in [0, 0.05) is 29.3 Å². The van der Waals surface area contributed by atoms with Gasteiger partial charge in [-0.2, -0.15) is 4.57 Å². The van der Waals surface area contributed by atoms with Crippen LogP contribution in [0.5, 0.6) is 0 Å². The van der Waals surface area contributed by atoms with Gasteiger partial charge in [0.2, 0.25) is 5.78 Å². The second-order valence-corrected chi connectivity index (χ2v) is 6.64. The number of hydrogen-bond donors (Lipinski definition) is 1. The zero-order chi connectivity index (χ0) is 20.1. The number of rotatable bonds is 7. The molecule has 0 saturated carbocycles. The number of nitrogens with one attached hydrogen (secondary N) is 1. The SMILES string of the molecule is Cc1ccc[n+]([C@@H](C(=O)c2cccc([N+](=O)[O-])c2)C(=S)NCc2ccco2)c1. The standard InChI is InChI=1S/C20H17N3O4S/c1-14-5-3-9-22(13-14)18(20(28)21-12-17-8-4-10-27-17)19(24)15-6-2-7-16(11-15)23(25)26/h2-11,13,18H,12H2,1H3/p+1/t18-/m0/s1. The number of nitrogens with zero attached hydrogens (tertiary/aromatic N) is 2. The first-order valence-corrected chi connectivity index (χ1v) is 8.92. The normalized spacial score (nSPS) is 11.6. The number of aromatic nitrogens is 1. The fraction of sp³-hybridized carbons (Fsp3) is 0.150. The number of nitro benzene ring substituents is 1. The number of hydrogen-bond acceptors (Lipinski definition) is 5. The first kappa shape index (κ1) is 19.4. The second kappa shape index (κ2) is 8.53. The van der Waals surface area contributed by atoms with Gasteiger partial charge >= 0.3 is 0 Å². The molecule has 1 N–H and O–H groups in total. The fourth-order valence-electron chi connectivity index (χ4n) is 2.78. The van der Waals surface area contributed by atoms with Crippen molar-refractivity contribution in [2.75, 3.05) is 0 Å². The Bertz CT molecular complexity index is 1020. The van der Waals surface area contributed by atoms with Crippen LogP contribution in [-0.2, 0) is 6.54 Å². The average Bonchev–Trinajstić information content (AvgIpc) is 3.20. The monoisotopic (exact) mass is 396 g/mol. The summed E-state index contributed by atoms with van der Waals surface area (Å²) in [6.07, 6.45) is 5.11. The van der Waals surface area contributed by atoms with E-state index in [0.29, 0.717) is 17.3 Å². The van der Waals surface area contributed by atoms with Gasteiger partial charge in [-0.1, -0.05) is 24.4 Å². The summed E-state index contributed by atoms with van der Waals surface area (Å²) in [6, 6.07) is 12.1. The molecule has 8 heteroatoms. The molecule has 0 fully saturated rings. The van der Waals surface area contributed by atoms with E-state index in [-0.39, 0.29) is 17.0 Å². The zero-order valence-electron chi connectivity index (χ0n) is 15.1. The number of thiocarbonyl (C=S) groups is 1. The molecule has 1 atom stereocenters. The number of pyridine rings is 1. The third kappa shape index (κ3) is 4.47. The molecule has 2 aromatic heterocycles. The molecule has 0 bridgehead atoms. The molecule has 0 amide bonds. The summed E-state index contributed by atoms with van der Waals surface area (Å²) in [5.41, 5.74) is 1.02. The molecule has 0 aliphatic carbocycles. The Balaban J connectivity index is 1.93. The molecule has 2 heterocycles. The number of aryl methyl sites for hydroxylation is 1. The topological polar surface area (TPSA) is 89.3 Å². The number of Topliss-reactive ketones (excluding diaryl/α,β-unsaturated/α-hetero) is 1. The molecule has 0 radical (unpaired) electrons. The summed E-state index contributed by atoms with van der Waals surface area (Å²) in [6.45, 7) is 2.24. The van der Waals surface area contributed by atoms with Crippen LogP contribution in [0.25, 0.3) is 0 Å². The Kier molecular flexibility index (Phi) is 5.90. The van der Waals surface area contributed by atoms with Gasteiger partial charge in [-0.25, -0.2) is 0 Å². The minimum Gasteiger partial charge on any atom is -0.467 e. The van der Waals surface area contributed by atoms with E-state index in [1.165, 1.54) is 18.2 Å². The summed E-state index contributed by atoms with van der Waals surface area (Å²) in [7, 11) is 0. The van der Waals surface area contributed by atoms with Crippen LogP contribution >= 0.6 is 12.2 Å². The number of furan rings is 1. The molecule has 0 aliphatic rings. The molecular weight excluding hydrogens is 378 g/mol. The van der Waals surface area contributed by atoms with Crippen LogP contribution < -0.4 is 9.88 Å². The lowest BCUT2D eigenvalue weighted by Crippen LogP contribution is -2.51. The fourth-order valence-corrected chi connectivity index (χ4v) is 3.08. The Morgan fingerprint density at radius 2 is 2.11 bits per heavy atom. The number of non-ortho nitro benzene ring substituents is 1. The molecule has 0 unspecified atom stereocenters. The van der Waals surface area contributed by atoms with E-state index >= 15 is 0 Å². The lowest BCUT2D eigenvalue weighted by atomic mass is 10.0. The van der Waals surface area contributed by atoms with Crippen LogP contribution in [0.1, 0.15) is 27.7 Å². The Morgan fingerprint density at radius 1 is 1.29 bits per heavy atom. The molecule has 0 spiro atoms. The summed E-state index contributed by atoms with van der Waals surface area (Å²) >= 11 is 5.51. The van der Waals surface area contributed by atoms with Gasteiger partial charge in [0.1, 0.15) is 5.76 Å². The number of carbonyl (C=O) groups excluding carboxylic acids is 1. The van der Waals surface area contributed by atoms with Gasteiger partial charge in [0.05, 0.1) is 17.7 Å². The smallest absolute Gasteiger partial charge is 0.270 e. The van der Waals surface area contributed by atoms with Crippen molar-refractivity contribution < 1.29 is 18.7 Å². The van der Waals surface area contributed by atoms with Gasteiger partial charge in [-0.15, -0.1) is 0 Å². The zero-order valence-corrected chi connectivity index (χ0v) is 15.9. The van der Waals surface area contributed by atoms with E-state index in [2.05, 4.69) is 5.32 Å². The highest BCUT2D eigenvalue weighted by molar-refractivity contribution is 7.80. The predicted molar refractivity (Wildman–Crippen MR) is 106 cm³/mol. The molecule has 142 valence electrons. The first-order chi connectivity index (χ1) is 13.5. The highest BCUT2D eigenvalue weighted by atomic mass is 32.1. The number of carbonyl (C=O) groups is 1. The maximum absolute atomic E-state index is 13.2. The van der Waals surface area contributed by atoms with Crippen molar-refractivity contribution in [3.05, 3.63) is 94.2 Å². The average molecular weight is 396 g/mol. The Hall–Kier alpha value is -3.39. The molecule has 0 aliphatic heterocycles. The number of nitro groups is 1. The minimum atomic E-state index is -0.841. The van der Waals surface area contributed by atoms with Crippen LogP contribution in [0.4, 0.5) is 5.69 Å². The quantitative estimate of drug-likeness (QED) is 0.217. The van der Waals surface area contributed by atoms with Crippen molar-refractivity contribution in [2.24, 2.45) is 0 Å². The van der Waals surface area contributed by atoms with Gasteiger partial charge in [-0.3, -0.25) is 14.9 Å². The Labute approximate surface area is 166 Å². The van der Waals surface area contributed by atoms with Crippen LogP contribution in [0.2, 0.25) is 0 Å². The van der Waals surface area contributed by atoms with Crippen molar-refractivity contribution in [3.8, 4) is 0 Å². The van der Waals surface area contributed by atoms with E-state index < -0.39 is 11.0 Å². The van der Waals surface area contributed by atoms with Crippen LogP contribution in [0, 0.1) is 17.0 Å². The molecule has 28 heavy (non-hydrogen) atoms. The van der Waals surface area contributed by atoms with Gasteiger partial charge in [0.25, 0.3) is 11.7 Å². The first-order valence-electron chi connectivity index (χ1n) is 8.52. The molecule has 3 aromatic rings.